The maximum absolute atomic E-state index is 13.7. The highest BCUT2D eigenvalue weighted by Crippen LogP contribution is 2.29. The second-order valence-electron chi connectivity index (χ2n) is 6.45. The molecule has 2 aromatic heterocycles. The van der Waals surface area contributed by atoms with Gasteiger partial charge in [0.15, 0.2) is 0 Å². The molecule has 0 atom stereocenters. The molecule has 0 unspecified atom stereocenters. The molecule has 6 heteroatoms. The molecule has 136 valence electrons. The Balaban J connectivity index is 1.72. The molecule has 4 aromatic rings. The van der Waals surface area contributed by atoms with Crippen LogP contribution in [-0.2, 0) is 13.2 Å². The van der Waals surface area contributed by atoms with Gasteiger partial charge in [-0.2, -0.15) is 0 Å². The fourth-order valence-electron chi connectivity index (χ4n) is 3.18. The monoisotopic (exact) mass is 362 g/mol. The number of aromatic nitrogens is 3. The van der Waals surface area contributed by atoms with Gasteiger partial charge >= 0.3 is 0 Å². The maximum atomic E-state index is 13.7. The lowest BCUT2D eigenvalue weighted by atomic mass is 10.1. The Labute approximate surface area is 156 Å². The van der Waals surface area contributed by atoms with Crippen molar-refractivity contribution in [3.63, 3.8) is 0 Å². The normalized spacial score (nSPS) is 11.1. The summed E-state index contributed by atoms with van der Waals surface area (Å²) in [5.41, 5.74) is 3.75. The Kier molecular flexibility index (Phi) is 4.56. The molecule has 0 bridgehead atoms. The summed E-state index contributed by atoms with van der Waals surface area (Å²) in [5, 5.41) is 10.2. The summed E-state index contributed by atoms with van der Waals surface area (Å²) >= 11 is 0. The van der Waals surface area contributed by atoms with Gasteiger partial charge in [-0.25, -0.2) is 14.4 Å². The van der Waals surface area contributed by atoms with Gasteiger partial charge in [0.25, 0.3) is 0 Å². The molecule has 0 radical (unpaired) electrons. The molecule has 2 heterocycles. The first-order chi connectivity index (χ1) is 13.2. The summed E-state index contributed by atoms with van der Waals surface area (Å²) < 4.78 is 13.7. The zero-order valence-corrected chi connectivity index (χ0v) is 14.9. The molecule has 0 spiro atoms. The van der Waals surface area contributed by atoms with Crippen LogP contribution in [0.1, 0.15) is 11.1 Å². The minimum absolute atomic E-state index is 0.263. The van der Waals surface area contributed by atoms with E-state index in [1.54, 1.807) is 12.1 Å². The Bertz CT molecular complexity index is 1080. The topological polar surface area (TPSA) is 65.0 Å². The Hall–Kier alpha value is -3.25. The summed E-state index contributed by atoms with van der Waals surface area (Å²) in [5.74, 6) is 0.399. The maximum Gasteiger partial charge on any atom is 0.143 e. The van der Waals surface area contributed by atoms with Crippen LogP contribution in [0.4, 0.5) is 10.2 Å². The summed E-state index contributed by atoms with van der Waals surface area (Å²) in [7, 11) is 1.99. The Morgan fingerprint density at radius 2 is 1.89 bits per heavy atom. The molecule has 0 aliphatic carbocycles. The van der Waals surface area contributed by atoms with Crippen molar-refractivity contribution < 1.29 is 9.50 Å². The highest BCUT2D eigenvalue weighted by Gasteiger charge is 2.14. The number of hydrogen-bond acceptors (Lipinski definition) is 4. The van der Waals surface area contributed by atoms with Crippen LogP contribution in [0, 0.1) is 5.82 Å². The van der Waals surface area contributed by atoms with E-state index < -0.39 is 5.82 Å². The first kappa shape index (κ1) is 17.2. The van der Waals surface area contributed by atoms with Crippen molar-refractivity contribution >= 4 is 16.9 Å². The number of hydrogen-bond donors (Lipinski definition) is 2. The Morgan fingerprint density at radius 1 is 1.07 bits per heavy atom. The molecule has 0 aliphatic rings. The molecule has 0 amide bonds. The van der Waals surface area contributed by atoms with Crippen LogP contribution in [0.15, 0.2) is 60.9 Å². The minimum atomic E-state index is -0.416. The molecule has 0 saturated carbocycles. The molecule has 2 N–H and O–H groups in total. The molecule has 4 rings (SSSR count). The van der Waals surface area contributed by atoms with E-state index in [9.17, 15) is 9.50 Å². The largest absolute Gasteiger partial charge is 0.392 e. The second kappa shape index (κ2) is 7.17. The summed E-state index contributed by atoms with van der Waals surface area (Å²) in [6.07, 6.45) is 1.53. The van der Waals surface area contributed by atoms with Crippen molar-refractivity contribution in [3.05, 3.63) is 77.9 Å². The third-order valence-corrected chi connectivity index (χ3v) is 4.56. The number of nitrogens with one attached hydrogen (secondary N) is 1. The van der Waals surface area contributed by atoms with Gasteiger partial charge in [0.05, 0.1) is 12.0 Å². The number of anilines is 1. The lowest BCUT2D eigenvalue weighted by Crippen LogP contribution is -2.17. The molecular formula is C21H19FN4O. The Morgan fingerprint density at radius 3 is 2.67 bits per heavy atom. The highest BCUT2D eigenvalue weighted by atomic mass is 19.1. The van der Waals surface area contributed by atoms with Crippen LogP contribution in [0.2, 0.25) is 0 Å². The van der Waals surface area contributed by atoms with Gasteiger partial charge in [-0.1, -0.05) is 30.3 Å². The quantitative estimate of drug-likeness (QED) is 0.565. The van der Waals surface area contributed by atoms with Crippen molar-refractivity contribution in [2.24, 2.45) is 0 Å². The molecule has 0 saturated heterocycles. The van der Waals surface area contributed by atoms with Crippen molar-refractivity contribution in [2.45, 2.75) is 13.2 Å². The smallest absolute Gasteiger partial charge is 0.143 e. The van der Waals surface area contributed by atoms with E-state index in [1.807, 2.05) is 31.3 Å². The molecule has 0 fully saturated rings. The molecule has 0 aliphatic heterocycles. The van der Waals surface area contributed by atoms with E-state index in [2.05, 4.69) is 32.0 Å². The van der Waals surface area contributed by atoms with E-state index in [-0.39, 0.29) is 12.2 Å². The number of aromatic amines is 1. The number of fused-ring (bicyclic) bond motifs is 1. The molecule has 2 aromatic carbocycles. The van der Waals surface area contributed by atoms with Gasteiger partial charge < -0.3 is 15.0 Å². The lowest BCUT2D eigenvalue weighted by molar-refractivity contribution is 0.276. The van der Waals surface area contributed by atoms with Crippen LogP contribution in [0.25, 0.3) is 22.3 Å². The van der Waals surface area contributed by atoms with Crippen LogP contribution >= 0.6 is 0 Å². The third kappa shape index (κ3) is 3.39. The van der Waals surface area contributed by atoms with E-state index in [0.29, 0.717) is 5.65 Å². The first-order valence-corrected chi connectivity index (χ1v) is 8.64. The predicted molar refractivity (Wildman–Crippen MR) is 104 cm³/mol. The van der Waals surface area contributed by atoms with Crippen LogP contribution in [0.3, 0.4) is 0 Å². The van der Waals surface area contributed by atoms with Crippen LogP contribution in [-0.4, -0.2) is 27.1 Å². The number of aliphatic hydroxyl groups is 1. The summed E-state index contributed by atoms with van der Waals surface area (Å²) in [6.45, 7) is 0.378. The van der Waals surface area contributed by atoms with Crippen molar-refractivity contribution in [2.75, 3.05) is 11.9 Å². The number of nitrogens with zero attached hydrogens (tertiary/aromatic N) is 3. The first-order valence-electron chi connectivity index (χ1n) is 8.64. The van der Waals surface area contributed by atoms with Gasteiger partial charge in [-0.15, -0.1) is 0 Å². The number of aliphatic hydroxyl groups excluding tert-OH is 1. The molecule has 5 nitrogen and oxygen atoms in total. The number of halogens is 1. The van der Waals surface area contributed by atoms with Crippen molar-refractivity contribution in [1.29, 1.82) is 0 Å². The predicted octanol–water partition coefficient (Wildman–Crippen LogP) is 3.89. The third-order valence-electron chi connectivity index (χ3n) is 4.56. The van der Waals surface area contributed by atoms with Crippen molar-refractivity contribution in [1.82, 2.24) is 15.0 Å². The SMILES string of the molecule is CN(Cc1ccccc1)c1ncnc2[nH]c(-c3ccc(F)c(CO)c3)cc12. The average Bonchev–Trinajstić information content (AvgIpc) is 3.13. The number of benzene rings is 2. The number of H-pyrrole nitrogens is 1. The van der Waals surface area contributed by atoms with Crippen molar-refractivity contribution in [3.8, 4) is 11.3 Å². The highest BCUT2D eigenvalue weighted by molar-refractivity contribution is 5.91. The molecule has 27 heavy (non-hydrogen) atoms. The summed E-state index contributed by atoms with van der Waals surface area (Å²) in [4.78, 5) is 14.1. The van der Waals surface area contributed by atoms with Crippen LogP contribution < -0.4 is 4.90 Å². The summed E-state index contributed by atoms with van der Waals surface area (Å²) in [6, 6.07) is 16.8. The van der Waals surface area contributed by atoms with Gasteiger partial charge in [-0.05, 0) is 35.4 Å². The minimum Gasteiger partial charge on any atom is -0.392 e. The van der Waals surface area contributed by atoms with E-state index in [4.69, 9.17) is 0 Å². The van der Waals surface area contributed by atoms with Gasteiger partial charge in [0, 0.05) is 24.8 Å². The van der Waals surface area contributed by atoms with E-state index >= 15 is 0 Å². The fourth-order valence-corrected chi connectivity index (χ4v) is 3.18. The van der Waals surface area contributed by atoms with E-state index in [1.165, 1.54) is 18.0 Å². The second-order valence-corrected chi connectivity index (χ2v) is 6.45. The standard InChI is InChI=1S/C21H19FN4O/c1-26(11-14-5-3-2-4-6-14)21-17-10-19(25-20(17)23-13-24-21)15-7-8-18(22)16(9-15)12-27/h2-10,13,27H,11-12H2,1H3,(H,23,24,25). The van der Waals surface area contributed by atoms with E-state index in [0.717, 1.165) is 29.0 Å². The van der Waals surface area contributed by atoms with Gasteiger partial charge in [-0.3, -0.25) is 0 Å². The fraction of sp³-hybridized carbons (Fsp3) is 0.143. The van der Waals surface area contributed by atoms with Crippen LogP contribution in [0.5, 0.6) is 0 Å². The number of rotatable bonds is 5. The average molecular weight is 362 g/mol. The zero-order chi connectivity index (χ0) is 18.8. The lowest BCUT2D eigenvalue weighted by Gasteiger charge is -2.18. The van der Waals surface area contributed by atoms with Gasteiger partial charge in [0.1, 0.15) is 23.6 Å². The molecular weight excluding hydrogens is 343 g/mol. The zero-order valence-electron chi connectivity index (χ0n) is 14.9. The van der Waals surface area contributed by atoms with Gasteiger partial charge in [0.2, 0.25) is 0 Å².